The van der Waals surface area contributed by atoms with Gasteiger partial charge in [-0.2, -0.15) is 0 Å². The number of piperidine rings is 1. The van der Waals surface area contributed by atoms with E-state index in [1.807, 2.05) is 36.4 Å². The molecule has 0 unspecified atom stereocenters. The van der Waals surface area contributed by atoms with Crippen LogP contribution in [0.1, 0.15) is 48.8 Å². The lowest BCUT2D eigenvalue weighted by Gasteiger charge is -2.64. The number of rotatable bonds is 3. The smallest absolute Gasteiger partial charge is 0.298 e. The fraction of sp³-hybridized carbons (Fsp3) is 0.500. The molecule has 2 aromatic rings. The second kappa shape index (κ2) is 7.74. The molecule has 36 heavy (non-hydrogen) atoms. The van der Waals surface area contributed by atoms with Crippen LogP contribution >= 0.6 is 0 Å². The monoisotopic (exact) mass is 484 g/mol. The highest BCUT2D eigenvalue weighted by Crippen LogP contribution is 2.66. The number of carbonyl (C=O) groups excluding carboxylic acids is 1. The molecule has 1 spiro atoms. The van der Waals surface area contributed by atoms with E-state index < -0.39 is 17.1 Å². The minimum absolute atomic E-state index is 0.0285. The number of likely N-dealkylation sites (tertiary alicyclic amines) is 1. The first-order valence-electron chi connectivity index (χ1n) is 13.2. The Morgan fingerprint density at radius 3 is 2.75 bits per heavy atom. The summed E-state index contributed by atoms with van der Waals surface area (Å²) in [6, 6.07) is 13.0. The summed E-state index contributed by atoms with van der Waals surface area (Å²) >= 11 is 0. The molecule has 3 fully saturated rings. The van der Waals surface area contributed by atoms with Crippen LogP contribution < -0.4 is 4.74 Å². The number of ether oxygens (including phenoxy) is 1. The van der Waals surface area contributed by atoms with Crippen LogP contribution in [-0.2, 0) is 16.6 Å². The van der Waals surface area contributed by atoms with Crippen molar-refractivity contribution in [2.24, 2.45) is 5.92 Å². The summed E-state index contributed by atoms with van der Waals surface area (Å²) in [5, 5.41) is 23.4. The van der Waals surface area contributed by atoms with Gasteiger partial charge in [-0.05, 0) is 74.8 Å². The molecule has 2 bridgehead atoms. The second-order valence-corrected chi connectivity index (χ2v) is 11.4. The van der Waals surface area contributed by atoms with E-state index in [1.165, 1.54) is 18.4 Å². The van der Waals surface area contributed by atoms with Gasteiger partial charge in [0.1, 0.15) is 6.10 Å². The molecule has 5 atom stereocenters. The van der Waals surface area contributed by atoms with Gasteiger partial charge in [-0.15, -0.1) is 0 Å². The Morgan fingerprint density at radius 2 is 1.97 bits per heavy atom. The molecule has 6 heteroatoms. The van der Waals surface area contributed by atoms with E-state index in [4.69, 9.17) is 4.74 Å². The van der Waals surface area contributed by atoms with Crippen molar-refractivity contribution < 1.29 is 19.7 Å². The number of aliphatic hydroxyl groups is 1. The maximum absolute atomic E-state index is 13.2. The van der Waals surface area contributed by atoms with Crippen LogP contribution in [0.2, 0.25) is 0 Å². The van der Waals surface area contributed by atoms with Crippen molar-refractivity contribution in [3.05, 3.63) is 59.2 Å². The lowest BCUT2D eigenvalue weighted by Crippen LogP contribution is -2.78. The second-order valence-electron chi connectivity index (χ2n) is 11.4. The lowest BCUT2D eigenvalue weighted by atomic mass is 9.48. The van der Waals surface area contributed by atoms with Crippen molar-refractivity contribution in [2.45, 2.75) is 67.7 Å². The summed E-state index contributed by atoms with van der Waals surface area (Å²) in [5.41, 5.74) is 1.36. The third kappa shape index (κ3) is 2.96. The third-order valence-corrected chi connectivity index (χ3v) is 9.64. The fourth-order valence-corrected chi connectivity index (χ4v) is 7.74. The van der Waals surface area contributed by atoms with E-state index in [1.54, 1.807) is 18.0 Å². The largest absolute Gasteiger partial charge is 0.504 e. The Morgan fingerprint density at radius 1 is 1.17 bits per heavy atom. The number of benzene rings is 2. The zero-order valence-corrected chi connectivity index (χ0v) is 20.6. The molecule has 186 valence electrons. The first-order valence-corrected chi connectivity index (χ1v) is 13.2. The zero-order chi connectivity index (χ0) is 24.7. The predicted molar refractivity (Wildman–Crippen MR) is 135 cm³/mol. The van der Waals surface area contributed by atoms with Crippen LogP contribution in [0.5, 0.6) is 11.5 Å². The number of aromatic hydroxyl groups is 1. The van der Waals surface area contributed by atoms with Gasteiger partial charge in [-0.25, -0.2) is 0 Å². The Kier molecular flexibility index (Phi) is 4.78. The standard InChI is InChI=1S/C30H32N2O4/c1-31(25(34)12-9-19-5-3-2-4-6-19)22-13-14-30(35)24-17-21-10-11-23(33)27-26(21)29(30,28(22)36-27)15-16-32(24)18-20-7-8-20/h2-6,10-11,20,22,24,28,33,35H,7-8,13-18H2,1H3/t22-,24+,28+,29+,30-/m1/s1. The Balaban J connectivity index is 1.27. The third-order valence-electron chi connectivity index (χ3n) is 9.64. The molecule has 2 aliphatic heterocycles. The number of likely N-dealkylation sites (N-methyl/N-ethyl adjacent to an activating group) is 1. The molecule has 2 heterocycles. The van der Waals surface area contributed by atoms with Crippen molar-refractivity contribution in [2.75, 3.05) is 20.1 Å². The van der Waals surface area contributed by atoms with Gasteiger partial charge < -0.3 is 19.8 Å². The minimum Gasteiger partial charge on any atom is -0.504 e. The fourth-order valence-electron chi connectivity index (χ4n) is 7.74. The van der Waals surface area contributed by atoms with Gasteiger partial charge in [-0.3, -0.25) is 9.69 Å². The summed E-state index contributed by atoms with van der Waals surface area (Å²) in [6.07, 6.45) is 4.91. The summed E-state index contributed by atoms with van der Waals surface area (Å²) < 4.78 is 6.58. The Bertz CT molecular complexity index is 1300. The van der Waals surface area contributed by atoms with Gasteiger partial charge in [0.15, 0.2) is 11.5 Å². The summed E-state index contributed by atoms with van der Waals surface area (Å²) in [6.45, 7) is 1.95. The predicted octanol–water partition coefficient (Wildman–Crippen LogP) is 2.84. The maximum atomic E-state index is 13.2. The SMILES string of the molecule is CN(C(=O)C#Cc1ccccc1)[C@@H]1CC[C@@]2(O)[C@@H]3Cc4ccc(O)c5c4[C@@]2(CCN3CC2CC2)[C@H]1O5. The topological polar surface area (TPSA) is 73.2 Å². The first-order chi connectivity index (χ1) is 17.4. The van der Waals surface area contributed by atoms with Crippen molar-refractivity contribution in [1.29, 1.82) is 0 Å². The number of phenolic OH excluding ortho intramolecular Hbond substituents is 1. The average Bonchev–Trinajstić information content (AvgIpc) is 3.63. The Hall–Kier alpha value is -3.01. The summed E-state index contributed by atoms with van der Waals surface area (Å²) in [4.78, 5) is 17.4. The van der Waals surface area contributed by atoms with E-state index in [0.717, 1.165) is 43.0 Å². The number of carbonyl (C=O) groups is 1. The van der Waals surface area contributed by atoms with Gasteiger partial charge in [0.05, 0.1) is 17.1 Å². The van der Waals surface area contributed by atoms with Crippen LogP contribution in [0, 0.1) is 17.8 Å². The van der Waals surface area contributed by atoms with Crippen LogP contribution in [0.25, 0.3) is 0 Å². The molecule has 0 aromatic heterocycles. The van der Waals surface area contributed by atoms with Gasteiger partial charge >= 0.3 is 0 Å². The van der Waals surface area contributed by atoms with Crippen LogP contribution in [0.4, 0.5) is 0 Å². The molecule has 1 saturated heterocycles. The molecular formula is C30H32N2O4. The van der Waals surface area contributed by atoms with E-state index in [9.17, 15) is 15.0 Å². The quantitative estimate of drug-likeness (QED) is 0.656. The highest BCUT2D eigenvalue weighted by atomic mass is 16.5. The number of hydrogen-bond donors (Lipinski definition) is 2. The molecule has 6 nitrogen and oxygen atoms in total. The molecule has 1 amide bonds. The number of nitrogens with zero attached hydrogens (tertiary/aromatic N) is 2. The van der Waals surface area contributed by atoms with Crippen LogP contribution in [-0.4, -0.2) is 69.8 Å². The number of hydrogen-bond acceptors (Lipinski definition) is 5. The number of phenols is 1. The zero-order valence-electron chi connectivity index (χ0n) is 20.6. The number of amides is 1. The highest BCUT2D eigenvalue weighted by Gasteiger charge is 2.73. The minimum atomic E-state index is -0.951. The van der Waals surface area contributed by atoms with E-state index in [2.05, 4.69) is 16.7 Å². The van der Waals surface area contributed by atoms with Crippen LogP contribution in [0.15, 0.2) is 42.5 Å². The lowest BCUT2D eigenvalue weighted by molar-refractivity contribution is -0.199. The first kappa shape index (κ1) is 22.2. The van der Waals surface area contributed by atoms with E-state index >= 15 is 0 Å². The van der Waals surface area contributed by atoms with Crippen LogP contribution in [0.3, 0.4) is 0 Å². The molecule has 2 aromatic carbocycles. The molecule has 2 saturated carbocycles. The van der Waals surface area contributed by atoms with E-state index in [0.29, 0.717) is 18.6 Å². The van der Waals surface area contributed by atoms with Gasteiger partial charge in [0, 0.05) is 36.7 Å². The maximum Gasteiger partial charge on any atom is 0.298 e. The molecule has 3 aliphatic carbocycles. The Labute approximate surface area is 211 Å². The van der Waals surface area contributed by atoms with Crippen molar-refractivity contribution in [1.82, 2.24) is 9.80 Å². The molecule has 7 rings (SSSR count). The summed E-state index contributed by atoms with van der Waals surface area (Å²) in [7, 11) is 1.79. The summed E-state index contributed by atoms with van der Waals surface area (Å²) in [5.74, 6) is 6.91. The normalized spacial score (nSPS) is 33.7. The van der Waals surface area contributed by atoms with Crippen molar-refractivity contribution >= 4 is 5.91 Å². The molecule has 2 N–H and O–H groups in total. The highest BCUT2D eigenvalue weighted by molar-refractivity contribution is 5.94. The average molecular weight is 485 g/mol. The van der Waals surface area contributed by atoms with Gasteiger partial charge in [0.2, 0.25) is 0 Å². The van der Waals surface area contributed by atoms with Crippen molar-refractivity contribution in [3.8, 4) is 23.3 Å². The van der Waals surface area contributed by atoms with Gasteiger partial charge in [0.25, 0.3) is 5.91 Å². The molecule has 0 radical (unpaired) electrons. The van der Waals surface area contributed by atoms with Crippen molar-refractivity contribution in [3.63, 3.8) is 0 Å². The molecular weight excluding hydrogens is 452 g/mol. The van der Waals surface area contributed by atoms with Gasteiger partial charge in [-0.1, -0.05) is 30.2 Å². The molecule has 5 aliphatic rings. The van der Waals surface area contributed by atoms with E-state index in [-0.39, 0.29) is 23.7 Å².